The van der Waals surface area contributed by atoms with Gasteiger partial charge in [0.15, 0.2) is 0 Å². The van der Waals surface area contributed by atoms with Crippen molar-refractivity contribution >= 4 is 12.1 Å². The van der Waals surface area contributed by atoms with Gasteiger partial charge in [0, 0.05) is 6.54 Å². The number of carboxylic acids is 1. The quantitative estimate of drug-likeness (QED) is 0.608. The molecule has 1 rings (SSSR count). The Hall–Kier alpha value is -1.26. The molecule has 5 nitrogen and oxygen atoms in total. The van der Waals surface area contributed by atoms with Crippen molar-refractivity contribution in [3.05, 3.63) is 0 Å². The smallest absolute Gasteiger partial charge is 0.408 e. The lowest BCUT2D eigenvalue weighted by molar-refractivity contribution is -0.143. The zero-order valence-electron chi connectivity index (χ0n) is 6.56. The highest BCUT2D eigenvalue weighted by Gasteiger charge is 2.31. The topological polar surface area (TPSA) is 77.8 Å². The number of nitrogens with zero attached hydrogens (tertiary/aromatic N) is 1. The summed E-state index contributed by atoms with van der Waals surface area (Å²) in [5.41, 5.74) is 0. The zero-order chi connectivity index (χ0) is 9.14. The minimum Gasteiger partial charge on any atom is -0.480 e. The molecule has 0 bridgehead atoms. The first-order chi connectivity index (χ1) is 5.63. The van der Waals surface area contributed by atoms with E-state index in [0.717, 1.165) is 17.7 Å². The molecule has 1 aliphatic rings. The van der Waals surface area contributed by atoms with Gasteiger partial charge >= 0.3 is 12.1 Å². The van der Waals surface area contributed by atoms with Crippen molar-refractivity contribution < 1.29 is 19.8 Å². The van der Waals surface area contributed by atoms with E-state index in [2.05, 4.69) is 0 Å². The third-order valence-electron chi connectivity index (χ3n) is 2.03. The third-order valence-corrected chi connectivity index (χ3v) is 2.03. The largest absolute Gasteiger partial charge is 0.480 e. The normalized spacial score (nSPS) is 23.7. The van der Waals surface area contributed by atoms with E-state index in [9.17, 15) is 9.59 Å². The highest BCUT2D eigenvalue weighted by atomic mass is 16.4. The molecule has 0 unspecified atom stereocenters. The maximum absolute atomic E-state index is 10.6. The molecule has 1 atom stereocenters. The van der Waals surface area contributed by atoms with E-state index in [1.807, 2.05) is 0 Å². The van der Waals surface area contributed by atoms with Gasteiger partial charge in [0.2, 0.25) is 0 Å². The van der Waals surface area contributed by atoms with E-state index in [-0.39, 0.29) is 0 Å². The van der Waals surface area contributed by atoms with E-state index < -0.39 is 18.1 Å². The second-order valence-electron chi connectivity index (χ2n) is 2.83. The molecule has 0 aromatic rings. The molecule has 1 aliphatic heterocycles. The fraction of sp³-hybridized carbons (Fsp3) is 0.714. The number of hydrogen-bond donors (Lipinski definition) is 2. The maximum Gasteiger partial charge on any atom is 0.408 e. The summed E-state index contributed by atoms with van der Waals surface area (Å²) in [7, 11) is 0. The van der Waals surface area contributed by atoms with Crippen LogP contribution in [0.2, 0.25) is 0 Å². The van der Waals surface area contributed by atoms with Crippen LogP contribution in [0.25, 0.3) is 0 Å². The van der Waals surface area contributed by atoms with Crippen molar-refractivity contribution in [1.29, 1.82) is 0 Å². The van der Waals surface area contributed by atoms with E-state index in [0.29, 0.717) is 13.0 Å². The number of carboxylic acid groups (broad SMARTS) is 2. The molecule has 0 saturated carbocycles. The lowest BCUT2D eigenvalue weighted by Crippen LogP contribution is -2.47. The summed E-state index contributed by atoms with van der Waals surface area (Å²) >= 11 is 0. The van der Waals surface area contributed by atoms with Gasteiger partial charge in [-0.3, -0.25) is 4.90 Å². The van der Waals surface area contributed by atoms with Gasteiger partial charge in [0.25, 0.3) is 0 Å². The third kappa shape index (κ3) is 1.66. The number of hydrogen-bond acceptors (Lipinski definition) is 2. The van der Waals surface area contributed by atoms with Crippen molar-refractivity contribution in [3.63, 3.8) is 0 Å². The molecule has 1 heterocycles. The van der Waals surface area contributed by atoms with Crippen molar-refractivity contribution in [2.45, 2.75) is 25.3 Å². The molecular weight excluding hydrogens is 162 g/mol. The van der Waals surface area contributed by atoms with Gasteiger partial charge in [-0.05, 0) is 19.3 Å². The molecule has 12 heavy (non-hydrogen) atoms. The minimum atomic E-state index is -1.14. The van der Waals surface area contributed by atoms with Crippen LogP contribution in [0.15, 0.2) is 0 Å². The van der Waals surface area contributed by atoms with Crippen molar-refractivity contribution in [2.75, 3.05) is 6.54 Å². The average Bonchev–Trinajstić information content (AvgIpc) is 2.04. The van der Waals surface area contributed by atoms with E-state index in [1.54, 1.807) is 0 Å². The molecule has 0 radical (unpaired) electrons. The van der Waals surface area contributed by atoms with Crippen LogP contribution in [0.1, 0.15) is 19.3 Å². The van der Waals surface area contributed by atoms with Crippen LogP contribution in [-0.2, 0) is 4.79 Å². The van der Waals surface area contributed by atoms with Crippen LogP contribution >= 0.6 is 0 Å². The van der Waals surface area contributed by atoms with Crippen LogP contribution < -0.4 is 0 Å². The van der Waals surface area contributed by atoms with Crippen LogP contribution in [0.4, 0.5) is 4.79 Å². The van der Waals surface area contributed by atoms with Gasteiger partial charge in [-0.1, -0.05) is 0 Å². The summed E-state index contributed by atoms with van der Waals surface area (Å²) in [5.74, 6) is -1.04. The van der Waals surface area contributed by atoms with Crippen molar-refractivity contribution in [2.24, 2.45) is 0 Å². The van der Waals surface area contributed by atoms with Crippen LogP contribution in [0.3, 0.4) is 0 Å². The molecule has 5 heteroatoms. The molecule has 2 N–H and O–H groups in total. The lowest BCUT2D eigenvalue weighted by Gasteiger charge is -2.30. The number of amides is 1. The SMILES string of the molecule is O=C(O)[C@H]1CCCCN1C(=O)O. The molecule has 0 aromatic carbocycles. The Morgan fingerprint density at radius 3 is 2.33 bits per heavy atom. The second-order valence-corrected chi connectivity index (χ2v) is 2.83. The summed E-state index contributed by atoms with van der Waals surface area (Å²) < 4.78 is 0. The minimum absolute atomic E-state index is 0.340. The summed E-state index contributed by atoms with van der Waals surface area (Å²) in [6.45, 7) is 0.340. The highest BCUT2D eigenvalue weighted by Crippen LogP contribution is 2.16. The monoisotopic (exact) mass is 173 g/mol. The van der Waals surface area contributed by atoms with E-state index in [4.69, 9.17) is 10.2 Å². The molecule has 1 amide bonds. The predicted molar refractivity (Wildman–Crippen MR) is 40.0 cm³/mol. The van der Waals surface area contributed by atoms with E-state index >= 15 is 0 Å². The molecule has 0 aromatic heterocycles. The summed E-state index contributed by atoms with van der Waals surface area (Å²) in [6, 6.07) is -0.837. The molecule has 1 saturated heterocycles. The first-order valence-electron chi connectivity index (χ1n) is 3.85. The Morgan fingerprint density at radius 2 is 1.92 bits per heavy atom. The Labute approximate surface area is 69.6 Å². The van der Waals surface area contributed by atoms with Gasteiger partial charge < -0.3 is 10.2 Å². The zero-order valence-corrected chi connectivity index (χ0v) is 6.56. The fourth-order valence-electron chi connectivity index (χ4n) is 1.42. The molecule has 68 valence electrons. The standard InChI is InChI=1S/C7H11NO4/c9-6(10)5-3-1-2-4-8(5)7(11)12/h5H,1-4H2,(H,9,10)(H,11,12)/t5-/m1/s1. The molecular formula is C7H11NO4. The molecule has 0 spiro atoms. The fourth-order valence-corrected chi connectivity index (χ4v) is 1.42. The maximum atomic E-state index is 10.6. The first kappa shape index (κ1) is 8.83. The number of aliphatic carboxylic acids is 1. The van der Waals surface area contributed by atoms with Crippen LogP contribution in [0.5, 0.6) is 0 Å². The summed E-state index contributed by atoms with van der Waals surface area (Å²) in [4.78, 5) is 22.1. The number of likely N-dealkylation sites (tertiary alicyclic amines) is 1. The van der Waals surface area contributed by atoms with Crippen LogP contribution in [0, 0.1) is 0 Å². The van der Waals surface area contributed by atoms with Gasteiger partial charge in [0.1, 0.15) is 6.04 Å². The van der Waals surface area contributed by atoms with Gasteiger partial charge in [-0.2, -0.15) is 0 Å². The van der Waals surface area contributed by atoms with E-state index in [1.165, 1.54) is 0 Å². The Kier molecular flexibility index (Phi) is 2.52. The highest BCUT2D eigenvalue weighted by molar-refractivity contribution is 5.79. The number of carbonyl (C=O) groups is 2. The Bertz CT molecular complexity index is 182. The second kappa shape index (κ2) is 3.42. The summed E-state index contributed by atoms with van der Waals surface area (Å²) in [6.07, 6.45) is 0.848. The van der Waals surface area contributed by atoms with Crippen molar-refractivity contribution in [3.8, 4) is 0 Å². The number of rotatable bonds is 1. The summed E-state index contributed by atoms with van der Waals surface area (Å²) in [5, 5.41) is 17.3. The average molecular weight is 173 g/mol. The van der Waals surface area contributed by atoms with Gasteiger partial charge in [0.05, 0.1) is 0 Å². The Morgan fingerprint density at radius 1 is 1.25 bits per heavy atom. The first-order valence-corrected chi connectivity index (χ1v) is 3.85. The molecule has 1 fully saturated rings. The van der Waals surface area contributed by atoms with Crippen LogP contribution in [-0.4, -0.2) is 39.8 Å². The van der Waals surface area contributed by atoms with Gasteiger partial charge in [-0.25, -0.2) is 9.59 Å². The predicted octanol–water partition coefficient (Wildman–Crippen LogP) is 0.604. The Balaban J connectivity index is 2.67. The van der Waals surface area contributed by atoms with Gasteiger partial charge in [-0.15, -0.1) is 0 Å². The number of piperidine rings is 1. The molecule has 0 aliphatic carbocycles. The lowest BCUT2D eigenvalue weighted by atomic mass is 10.0. The van der Waals surface area contributed by atoms with Crippen molar-refractivity contribution in [1.82, 2.24) is 4.90 Å².